The van der Waals surface area contributed by atoms with Crippen LogP contribution in [0, 0.1) is 11.3 Å². The Balaban J connectivity index is 1.10. The Labute approximate surface area is 290 Å². The molecule has 4 heterocycles. The van der Waals surface area contributed by atoms with E-state index in [1.54, 1.807) is 0 Å². The molecule has 7 aromatic carbocycles. The van der Waals surface area contributed by atoms with Gasteiger partial charge in [-0.05, 0) is 71.8 Å². The summed E-state index contributed by atoms with van der Waals surface area (Å²) >= 11 is 0. The maximum Gasteiger partial charge on any atom is 0.161 e. The van der Waals surface area contributed by atoms with Crippen molar-refractivity contribution in [3.05, 3.63) is 157 Å². The number of aromatic nitrogens is 2. The minimum absolute atomic E-state index is 0.640. The summed E-state index contributed by atoms with van der Waals surface area (Å²) in [7, 11) is 0. The quantitative estimate of drug-likeness (QED) is 0.191. The van der Waals surface area contributed by atoms with E-state index in [-0.39, 0.29) is 0 Å². The molecule has 0 aliphatic carbocycles. The van der Waals surface area contributed by atoms with Crippen molar-refractivity contribution < 1.29 is 8.83 Å². The Morgan fingerprint density at radius 2 is 1.16 bits per heavy atom. The molecule has 0 unspecified atom stereocenters. The van der Waals surface area contributed by atoms with Crippen LogP contribution in [0.25, 0.3) is 105 Å². The molecular weight excluding hydrogens is 627 g/mol. The fraction of sp³-hybridized carbons (Fsp3) is 0. The van der Waals surface area contributed by atoms with E-state index in [2.05, 4.69) is 95.6 Å². The Morgan fingerprint density at radius 3 is 1.98 bits per heavy atom. The monoisotopic (exact) mass is 651 g/mol. The van der Waals surface area contributed by atoms with E-state index in [0.717, 1.165) is 105 Å². The Bertz CT molecular complexity index is 3250. The lowest BCUT2D eigenvalue weighted by molar-refractivity contribution is 0.668. The van der Waals surface area contributed by atoms with Gasteiger partial charge in [0.2, 0.25) is 0 Å². The number of nitriles is 1. The molecule has 0 atom stereocenters. The molecule has 0 aliphatic rings. The zero-order chi connectivity index (χ0) is 33.6. The first-order valence-corrected chi connectivity index (χ1v) is 16.9. The van der Waals surface area contributed by atoms with Crippen molar-refractivity contribution in [3.63, 3.8) is 0 Å². The van der Waals surface area contributed by atoms with E-state index in [0.29, 0.717) is 5.56 Å². The van der Waals surface area contributed by atoms with E-state index in [9.17, 15) is 5.26 Å². The van der Waals surface area contributed by atoms with Gasteiger partial charge >= 0.3 is 0 Å². The summed E-state index contributed by atoms with van der Waals surface area (Å²) < 4.78 is 15.2. The van der Waals surface area contributed by atoms with Crippen LogP contribution in [0.15, 0.2) is 160 Å². The number of fused-ring (bicyclic) bond motifs is 12. The molecule has 11 aromatic rings. The molecule has 0 saturated heterocycles. The maximum absolute atomic E-state index is 9.68. The molecule has 4 aromatic heterocycles. The number of nitrogens with zero attached hydrogens (tertiary/aromatic N) is 3. The number of pyridine rings is 1. The Kier molecular flexibility index (Phi) is 5.67. The van der Waals surface area contributed by atoms with Crippen LogP contribution >= 0.6 is 0 Å². The number of rotatable bonds is 3. The van der Waals surface area contributed by atoms with Gasteiger partial charge in [-0.15, -0.1) is 0 Å². The molecule has 51 heavy (non-hydrogen) atoms. The number of hydrogen-bond acceptors (Lipinski definition) is 4. The third-order valence-corrected chi connectivity index (χ3v) is 10.2. The summed E-state index contributed by atoms with van der Waals surface area (Å²) in [4.78, 5) is 5.36. The lowest BCUT2D eigenvalue weighted by atomic mass is 9.98. The predicted molar refractivity (Wildman–Crippen MR) is 206 cm³/mol. The highest BCUT2D eigenvalue weighted by molar-refractivity contribution is 6.24. The van der Waals surface area contributed by atoms with Crippen LogP contribution < -0.4 is 0 Å². The van der Waals surface area contributed by atoms with Crippen LogP contribution in [0.5, 0.6) is 0 Å². The largest absolute Gasteiger partial charge is 0.455 e. The number of hydrogen-bond donors (Lipinski definition) is 0. The van der Waals surface area contributed by atoms with Gasteiger partial charge in [-0.2, -0.15) is 5.26 Å². The number of benzene rings is 7. The molecule has 0 N–H and O–H groups in total. The van der Waals surface area contributed by atoms with E-state index in [1.165, 1.54) is 0 Å². The van der Waals surface area contributed by atoms with Crippen LogP contribution in [0.4, 0.5) is 0 Å². The molecule has 0 radical (unpaired) electrons. The Hall–Kier alpha value is -7.16. The summed E-state index contributed by atoms with van der Waals surface area (Å²) in [5, 5.41) is 17.0. The molecule has 0 saturated carbocycles. The lowest BCUT2D eigenvalue weighted by Crippen LogP contribution is -1.93. The van der Waals surface area contributed by atoms with Crippen molar-refractivity contribution in [2.24, 2.45) is 0 Å². The molecule has 0 fully saturated rings. The molecule has 0 aliphatic heterocycles. The van der Waals surface area contributed by atoms with Gasteiger partial charge in [0, 0.05) is 43.6 Å². The highest BCUT2D eigenvalue weighted by atomic mass is 16.3. The van der Waals surface area contributed by atoms with E-state index in [1.807, 2.05) is 66.7 Å². The van der Waals surface area contributed by atoms with Crippen molar-refractivity contribution in [3.8, 4) is 34.1 Å². The van der Waals surface area contributed by atoms with Gasteiger partial charge in [-0.25, -0.2) is 4.98 Å². The fourth-order valence-electron chi connectivity index (χ4n) is 7.86. The van der Waals surface area contributed by atoms with Crippen molar-refractivity contribution >= 4 is 76.6 Å². The van der Waals surface area contributed by atoms with Crippen molar-refractivity contribution in [2.45, 2.75) is 0 Å². The van der Waals surface area contributed by atoms with E-state index in [4.69, 9.17) is 13.8 Å². The van der Waals surface area contributed by atoms with Gasteiger partial charge in [-0.1, -0.05) is 91.0 Å². The van der Waals surface area contributed by atoms with Gasteiger partial charge in [0.05, 0.1) is 33.7 Å². The summed E-state index contributed by atoms with van der Waals surface area (Å²) in [6.45, 7) is 0. The van der Waals surface area contributed by atoms with Crippen LogP contribution in [0.2, 0.25) is 0 Å². The van der Waals surface area contributed by atoms with Crippen molar-refractivity contribution in [1.29, 1.82) is 5.26 Å². The van der Waals surface area contributed by atoms with Crippen LogP contribution in [-0.2, 0) is 0 Å². The smallest absolute Gasteiger partial charge is 0.161 e. The molecule has 0 spiro atoms. The predicted octanol–water partition coefficient (Wildman–Crippen LogP) is 12.3. The molecule has 0 amide bonds. The van der Waals surface area contributed by atoms with Crippen LogP contribution in [0.3, 0.4) is 0 Å². The maximum atomic E-state index is 9.68. The second-order valence-corrected chi connectivity index (χ2v) is 13.0. The molecule has 5 heteroatoms. The summed E-state index contributed by atoms with van der Waals surface area (Å²) in [6, 6.07) is 54.3. The molecule has 0 bridgehead atoms. The van der Waals surface area contributed by atoms with Crippen molar-refractivity contribution in [1.82, 2.24) is 9.55 Å². The van der Waals surface area contributed by atoms with Crippen LogP contribution in [-0.4, -0.2) is 9.55 Å². The highest BCUT2D eigenvalue weighted by Crippen LogP contribution is 2.43. The third kappa shape index (κ3) is 3.99. The lowest BCUT2D eigenvalue weighted by Gasteiger charge is -2.09. The first-order chi connectivity index (χ1) is 25.2. The number of furan rings is 2. The number of para-hydroxylation sites is 3. The van der Waals surface area contributed by atoms with Gasteiger partial charge < -0.3 is 13.4 Å². The second kappa shape index (κ2) is 10.4. The summed E-state index contributed by atoms with van der Waals surface area (Å²) in [5.74, 6) is 0. The van der Waals surface area contributed by atoms with E-state index >= 15 is 0 Å². The average Bonchev–Trinajstić information content (AvgIpc) is 3.87. The SMILES string of the molecule is N#Cc1ccc2c3cc(-c4ccc(-c5nc6c(ccc7c8ccccc8oc76)c6oc7ccccc7c56)cc4)ccc3n(-c3ccccc3)c2c1. The molecule has 11 rings (SSSR count). The summed E-state index contributed by atoms with van der Waals surface area (Å²) in [5.41, 5.74) is 11.9. The standard InChI is InChI=1S/C46H25N3O2/c47-26-27-14-20-32-37-25-30(19-23-38(37)49(39(32)24-27)31-8-2-1-3-9-31)28-15-17-29(18-16-28)43-42-35-11-5-7-13-41(35)50-45(42)36-22-21-34-33-10-4-6-12-40(33)51-46(34)44(36)48-43/h1-25H. The van der Waals surface area contributed by atoms with Gasteiger partial charge in [0.15, 0.2) is 5.58 Å². The van der Waals surface area contributed by atoms with Gasteiger partial charge in [-0.3, -0.25) is 0 Å². The fourth-order valence-corrected chi connectivity index (χ4v) is 7.86. The molecule has 236 valence electrons. The zero-order valence-corrected chi connectivity index (χ0v) is 27.1. The highest BCUT2D eigenvalue weighted by Gasteiger charge is 2.21. The topological polar surface area (TPSA) is 67.9 Å². The first kappa shape index (κ1) is 27.8. The molecule has 5 nitrogen and oxygen atoms in total. The Morgan fingerprint density at radius 1 is 0.490 bits per heavy atom. The van der Waals surface area contributed by atoms with Gasteiger partial charge in [0.1, 0.15) is 22.3 Å². The van der Waals surface area contributed by atoms with Crippen molar-refractivity contribution in [2.75, 3.05) is 0 Å². The second-order valence-electron chi connectivity index (χ2n) is 13.0. The van der Waals surface area contributed by atoms with Crippen LogP contribution in [0.1, 0.15) is 5.56 Å². The van der Waals surface area contributed by atoms with E-state index < -0.39 is 0 Å². The molecular formula is C46H25N3O2. The average molecular weight is 652 g/mol. The minimum Gasteiger partial charge on any atom is -0.455 e. The van der Waals surface area contributed by atoms with Gasteiger partial charge in [0.25, 0.3) is 0 Å². The first-order valence-electron chi connectivity index (χ1n) is 16.9. The normalized spacial score (nSPS) is 11.9. The third-order valence-electron chi connectivity index (χ3n) is 10.2. The summed E-state index contributed by atoms with van der Waals surface area (Å²) in [6.07, 6.45) is 0. The minimum atomic E-state index is 0.640. The zero-order valence-electron chi connectivity index (χ0n) is 27.1.